The Labute approximate surface area is 124 Å². The molecule has 1 aliphatic rings. The number of benzene rings is 1. The van der Waals surface area contributed by atoms with Crippen molar-refractivity contribution >= 4 is 0 Å². The molecular weight excluding hydrogens is 266 g/mol. The van der Waals surface area contributed by atoms with Crippen LogP contribution < -0.4 is 10.1 Å². The molecule has 1 fully saturated rings. The number of nitrogens with one attached hydrogen (secondary N) is 1. The van der Waals surface area contributed by atoms with E-state index in [4.69, 9.17) is 9.15 Å². The molecule has 0 radical (unpaired) electrons. The molecule has 0 aliphatic heterocycles. The van der Waals surface area contributed by atoms with Gasteiger partial charge in [0.15, 0.2) is 0 Å². The van der Waals surface area contributed by atoms with Gasteiger partial charge in [0.25, 0.3) is 0 Å². The SMILES string of the molecule is CCCCOc1ccc(-c2nnc(CNC3CC3)o2)cc1. The number of rotatable bonds is 8. The summed E-state index contributed by atoms with van der Waals surface area (Å²) in [5, 5.41) is 11.5. The highest BCUT2D eigenvalue weighted by Crippen LogP contribution is 2.22. The van der Waals surface area contributed by atoms with Crippen LogP contribution in [0.3, 0.4) is 0 Å². The van der Waals surface area contributed by atoms with Gasteiger partial charge in [-0.15, -0.1) is 10.2 Å². The van der Waals surface area contributed by atoms with Crippen LogP contribution in [0, 0.1) is 0 Å². The van der Waals surface area contributed by atoms with Crippen molar-refractivity contribution in [3.63, 3.8) is 0 Å². The minimum atomic E-state index is 0.558. The van der Waals surface area contributed by atoms with Gasteiger partial charge in [-0.25, -0.2) is 0 Å². The van der Waals surface area contributed by atoms with Gasteiger partial charge in [-0.2, -0.15) is 0 Å². The van der Waals surface area contributed by atoms with E-state index < -0.39 is 0 Å². The Bertz CT molecular complexity index is 561. The number of aromatic nitrogens is 2. The number of hydrogen-bond acceptors (Lipinski definition) is 5. The number of ether oxygens (including phenoxy) is 1. The standard InChI is InChI=1S/C16H21N3O2/c1-2-3-10-20-14-8-4-12(5-9-14)16-19-18-15(21-16)11-17-13-6-7-13/h4-5,8-9,13,17H,2-3,6-7,10-11H2,1H3. The first-order chi connectivity index (χ1) is 10.3. The summed E-state index contributed by atoms with van der Waals surface area (Å²) in [6.45, 7) is 3.56. The first kappa shape index (κ1) is 14.1. The van der Waals surface area contributed by atoms with Crippen LogP contribution in [0.4, 0.5) is 0 Å². The molecule has 0 unspecified atom stereocenters. The smallest absolute Gasteiger partial charge is 0.247 e. The fourth-order valence-corrected chi connectivity index (χ4v) is 1.99. The summed E-state index contributed by atoms with van der Waals surface area (Å²) in [5.41, 5.74) is 0.919. The normalized spacial score (nSPS) is 14.3. The molecule has 21 heavy (non-hydrogen) atoms. The number of nitrogens with zero attached hydrogens (tertiary/aromatic N) is 2. The van der Waals surface area contributed by atoms with E-state index in [0.717, 1.165) is 30.8 Å². The molecule has 1 saturated carbocycles. The third kappa shape index (κ3) is 4.04. The first-order valence-electron chi connectivity index (χ1n) is 7.64. The lowest BCUT2D eigenvalue weighted by molar-refractivity contribution is 0.309. The van der Waals surface area contributed by atoms with Gasteiger partial charge in [0.1, 0.15) is 5.75 Å². The lowest BCUT2D eigenvalue weighted by Gasteiger charge is -2.05. The van der Waals surface area contributed by atoms with Crippen molar-refractivity contribution in [2.75, 3.05) is 6.61 Å². The van der Waals surface area contributed by atoms with Crippen molar-refractivity contribution in [3.8, 4) is 17.2 Å². The van der Waals surface area contributed by atoms with Crippen molar-refractivity contribution < 1.29 is 9.15 Å². The Morgan fingerprint density at radius 2 is 2.05 bits per heavy atom. The Hall–Kier alpha value is -1.88. The highest BCUT2D eigenvalue weighted by molar-refractivity contribution is 5.53. The monoisotopic (exact) mass is 287 g/mol. The summed E-state index contributed by atoms with van der Waals surface area (Å²) in [6.07, 6.45) is 4.71. The molecule has 5 nitrogen and oxygen atoms in total. The minimum Gasteiger partial charge on any atom is -0.494 e. The van der Waals surface area contributed by atoms with Gasteiger partial charge in [0, 0.05) is 11.6 Å². The fraction of sp³-hybridized carbons (Fsp3) is 0.500. The summed E-state index contributed by atoms with van der Waals surface area (Å²) in [4.78, 5) is 0. The van der Waals surface area contributed by atoms with E-state index in [2.05, 4.69) is 22.4 Å². The molecule has 1 heterocycles. The van der Waals surface area contributed by atoms with Gasteiger partial charge in [-0.3, -0.25) is 0 Å². The van der Waals surface area contributed by atoms with Crippen molar-refractivity contribution in [2.24, 2.45) is 0 Å². The average molecular weight is 287 g/mol. The van der Waals surface area contributed by atoms with Gasteiger partial charge >= 0.3 is 0 Å². The van der Waals surface area contributed by atoms with Crippen molar-refractivity contribution in [2.45, 2.75) is 45.2 Å². The summed E-state index contributed by atoms with van der Waals surface area (Å²) in [6, 6.07) is 8.42. The lowest BCUT2D eigenvalue weighted by atomic mass is 10.2. The van der Waals surface area contributed by atoms with E-state index in [1.54, 1.807) is 0 Å². The fourth-order valence-electron chi connectivity index (χ4n) is 1.99. The molecule has 0 amide bonds. The lowest BCUT2D eigenvalue weighted by Crippen LogP contribution is -2.15. The van der Waals surface area contributed by atoms with E-state index in [-0.39, 0.29) is 0 Å². The molecule has 1 aromatic carbocycles. The van der Waals surface area contributed by atoms with Crippen molar-refractivity contribution in [3.05, 3.63) is 30.2 Å². The van der Waals surface area contributed by atoms with Crippen LogP contribution in [0.2, 0.25) is 0 Å². The summed E-state index contributed by atoms with van der Waals surface area (Å²) in [7, 11) is 0. The summed E-state index contributed by atoms with van der Waals surface area (Å²) in [5.74, 6) is 2.07. The first-order valence-corrected chi connectivity index (χ1v) is 7.64. The number of unbranched alkanes of at least 4 members (excludes halogenated alkanes) is 1. The summed E-state index contributed by atoms with van der Waals surface area (Å²) < 4.78 is 11.3. The van der Waals surface area contributed by atoms with Gasteiger partial charge in [0.2, 0.25) is 11.8 Å². The van der Waals surface area contributed by atoms with Crippen LogP contribution in [0.25, 0.3) is 11.5 Å². The zero-order chi connectivity index (χ0) is 14.5. The van der Waals surface area contributed by atoms with Crippen LogP contribution in [0.1, 0.15) is 38.5 Å². The van der Waals surface area contributed by atoms with Crippen LogP contribution >= 0.6 is 0 Å². The maximum absolute atomic E-state index is 5.66. The molecule has 0 bridgehead atoms. The highest BCUT2D eigenvalue weighted by atomic mass is 16.5. The van der Waals surface area contributed by atoms with E-state index in [9.17, 15) is 0 Å². The second-order valence-electron chi connectivity index (χ2n) is 5.38. The largest absolute Gasteiger partial charge is 0.494 e. The quantitative estimate of drug-likeness (QED) is 0.756. The molecule has 3 rings (SSSR count). The Morgan fingerprint density at radius 3 is 2.76 bits per heavy atom. The minimum absolute atomic E-state index is 0.558. The maximum atomic E-state index is 5.66. The van der Waals surface area contributed by atoms with Gasteiger partial charge in [0.05, 0.1) is 13.2 Å². The third-order valence-electron chi connectivity index (χ3n) is 3.45. The molecule has 0 saturated heterocycles. The molecule has 112 valence electrons. The van der Waals surface area contributed by atoms with E-state index >= 15 is 0 Å². The molecule has 5 heteroatoms. The summed E-state index contributed by atoms with van der Waals surface area (Å²) >= 11 is 0. The Kier molecular flexibility index (Phi) is 4.50. The van der Waals surface area contributed by atoms with Gasteiger partial charge < -0.3 is 14.5 Å². The van der Waals surface area contributed by atoms with Crippen LogP contribution in [0.15, 0.2) is 28.7 Å². The molecule has 1 aliphatic carbocycles. The topological polar surface area (TPSA) is 60.2 Å². The number of hydrogen-bond donors (Lipinski definition) is 1. The Morgan fingerprint density at radius 1 is 1.24 bits per heavy atom. The van der Waals surface area contributed by atoms with Crippen LogP contribution in [-0.2, 0) is 6.54 Å². The van der Waals surface area contributed by atoms with E-state index in [1.807, 2.05) is 24.3 Å². The second-order valence-corrected chi connectivity index (χ2v) is 5.38. The van der Waals surface area contributed by atoms with Gasteiger partial charge in [-0.05, 0) is 43.5 Å². The zero-order valence-corrected chi connectivity index (χ0v) is 12.3. The van der Waals surface area contributed by atoms with Crippen LogP contribution in [0.5, 0.6) is 5.75 Å². The third-order valence-corrected chi connectivity index (χ3v) is 3.45. The Balaban J connectivity index is 1.57. The molecule has 2 aromatic rings. The van der Waals surface area contributed by atoms with E-state index in [0.29, 0.717) is 24.4 Å². The van der Waals surface area contributed by atoms with Crippen molar-refractivity contribution in [1.82, 2.24) is 15.5 Å². The average Bonchev–Trinajstić information content (AvgIpc) is 3.23. The molecule has 1 N–H and O–H groups in total. The molecule has 0 atom stereocenters. The van der Waals surface area contributed by atoms with Crippen molar-refractivity contribution in [1.29, 1.82) is 0 Å². The zero-order valence-electron chi connectivity index (χ0n) is 12.3. The predicted octanol–water partition coefficient (Wildman–Crippen LogP) is 3.17. The van der Waals surface area contributed by atoms with Gasteiger partial charge in [-0.1, -0.05) is 13.3 Å². The predicted molar refractivity (Wildman–Crippen MR) is 80.0 cm³/mol. The molecule has 1 aromatic heterocycles. The second kappa shape index (κ2) is 6.72. The highest BCUT2D eigenvalue weighted by Gasteiger charge is 2.21. The molecule has 0 spiro atoms. The van der Waals surface area contributed by atoms with Crippen LogP contribution in [-0.4, -0.2) is 22.8 Å². The maximum Gasteiger partial charge on any atom is 0.247 e. The molecular formula is C16H21N3O2. The van der Waals surface area contributed by atoms with E-state index in [1.165, 1.54) is 12.8 Å².